The third-order valence-electron chi connectivity index (χ3n) is 6.21. The van der Waals surface area contributed by atoms with Crippen molar-refractivity contribution in [2.45, 2.75) is 70.1 Å². The van der Waals surface area contributed by atoms with Crippen molar-refractivity contribution in [2.75, 3.05) is 18.0 Å². The molecule has 0 aliphatic carbocycles. The van der Waals surface area contributed by atoms with Gasteiger partial charge >= 0.3 is 5.97 Å². The molecule has 8 heteroatoms. The summed E-state index contributed by atoms with van der Waals surface area (Å²) in [5.74, 6) is -0.873. The van der Waals surface area contributed by atoms with Crippen LogP contribution in [0.4, 0.5) is 5.69 Å². The second kappa shape index (κ2) is 8.24. The van der Waals surface area contributed by atoms with Crippen LogP contribution >= 0.6 is 0 Å². The number of anilines is 1. The summed E-state index contributed by atoms with van der Waals surface area (Å²) in [6.07, 6.45) is 3.65. The fourth-order valence-corrected chi connectivity index (χ4v) is 4.65. The Balaban J connectivity index is 1.48. The van der Waals surface area contributed by atoms with Crippen molar-refractivity contribution in [3.8, 4) is 0 Å². The average Bonchev–Trinajstić information content (AvgIpc) is 3.11. The van der Waals surface area contributed by atoms with E-state index in [1.165, 1.54) is 0 Å². The van der Waals surface area contributed by atoms with E-state index in [9.17, 15) is 19.5 Å². The Kier molecular flexibility index (Phi) is 5.75. The highest BCUT2D eigenvalue weighted by Gasteiger charge is 2.36. The molecule has 172 valence electrons. The molecule has 1 aromatic heterocycles. The summed E-state index contributed by atoms with van der Waals surface area (Å²) in [6, 6.07) is 7.57. The summed E-state index contributed by atoms with van der Waals surface area (Å²) in [5, 5.41) is 14.4. The first-order valence-electron chi connectivity index (χ1n) is 11.2. The summed E-state index contributed by atoms with van der Waals surface area (Å²) < 4.78 is 7.32. The number of esters is 1. The van der Waals surface area contributed by atoms with Crippen LogP contribution in [0.15, 0.2) is 30.5 Å². The highest BCUT2D eigenvalue weighted by molar-refractivity contribution is 6.01. The van der Waals surface area contributed by atoms with Gasteiger partial charge in [0.15, 0.2) is 0 Å². The molecule has 2 saturated heterocycles. The fourth-order valence-electron chi connectivity index (χ4n) is 4.65. The van der Waals surface area contributed by atoms with E-state index in [1.54, 1.807) is 0 Å². The number of carbonyl (C=O) groups excluding carboxylic acids is 3. The summed E-state index contributed by atoms with van der Waals surface area (Å²) >= 11 is 0. The zero-order valence-electron chi connectivity index (χ0n) is 18.9. The number of aliphatic hydroxyl groups is 1. The summed E-state index contributed by atoms with van der Waals surface area (Å²) in [5.41, 5.74) is 0.338. The Morgan fingerprint density at radius 3 is 2.59 bits per heavy atom. The molecule has 2 aromatic rings. The van der Waals surface area contributed by atoms with Gasteiger partial charge in [0.1, 0.15) is 11.6 Å². The van der Waals surface area contributed by atoms with Crippen LogP contribution in [0, 0.1) is 0 Å². The average molecular weight is 442 g/mol. The molecule has 1 unspecified atom stereocenters. The monoisotopic (exact) mass is 441 g/mol. The lowest BCUT2D eigenvalue weighted by molar-refractivity contribution is -0.161. The van der Waals surface area contributed by atoms with Gasteiger partial charge in [0.25, 0.3) is 0 Å². The van der Waals surface area contributed by atoms with E-state index in [2.05, 4.69) is 10.2 Å². The van der Waals surface area contributed by atoms with E-state index in [1.807, 2.05) is 55.8 Å². The molecule has 1 atom stereocenters. The van der Waals surface area contributed by atoms with Crippen LogP contribution in [-0.4, -0.2) is 51.7 Å². The molecular weight excluding hydrogens is 410 g/mol. The maximum absolute atomic E-state index is 12.4. The van der Waals surface area contributed by atoms with Crippen molar-refractivity contribution in [3.05, 3.63) is 30.5 Å². The molecule has 3 heterocycles. The van der Waals surface area contributed by atoms with Gasteiger partial charge in [-0.15, -0.1) is 0 Å². The van der Waals surface area contributed by atoms with E-state index in [4.69, 9.17) is 4.74 Å². The maximum atomic E-state index is 12.4. The molecule has 2 aliphatic rings. The van der Waals surface area contributed by atoms with Gasteiger partial charge in [0.05, 0.1) is 17.5 Å². The number of carbonyl (C=O) groups is 3. The minimum Gasteiger partial charge on any atom is -0.460 e. The number of imide groups is 1. The zero-order valence-corrected chi connectivity index (χ0v) is 18.9. The second-order valence-electron chi connectivity index (χ2n) is 9.87. The number of nitrogens with zero attached hydrogens (tertiary/aromatic N) is 2. The predicted octanol–water partition coefficient (Wildman–Crippen LogP) is 2.68. The van der Waals surface area contributed by atoms with Gasteiger partial charge in [-0.25, -0.2) is 0 Å². The number of piperidine rings is 2. The third kappa shape index (κ3) is 4.65. The highest BCUT2D eigenvalue weighted by Crippen LogP contribution is 2.35. The molecule has 2 fully saturated rings. The van der Waals surface area contributed by atoms with E-state index < -0.39 is 17.2 Å². The molecule has 4 rings (SSSR count). The van der Waals surface area contributed by atoms with Gasteiger partial charge in [-0.05, 0) is 58.2 Å². The number of fused-ring (bicyclic) bond motifs is 1. The molecular formula is C24H31N3O5. The van der Waals surface area contributed by atoms with Crippen LogP contribution < -0.4 is 10.2 Å². The lowest BCUT2D eigenvalue weighted by Crippen LogP contribution is -2.46. The third-order valence-corrected chi connectivity index (χ3v) is 6.21. The summed E-state index contributed by atoms with van der Waals surface area (Å²) in [6.45, 7) is 6.68. The van der Waals surface area contributed by atoms with E-state index in [-0.39, 0.29) is 24.2 Å². The maximum Gasteiger partial charge on any atom is 0.309 e. The van der Waals surface area contributed by atoms with Crippen molar-refractivity contribution in [1.82, 2.24) is 9.88 Å². The fraction of sp³-hybridized carbons (Fsp3) is 0.542. The normalized spacial score (nSPS) is 21.5. The lowest BCUT2D eigenvalue weighted by Gasteiger charge is -2.39. The van der Waals surface area contributed by atoms with Crippen molar-refractivity contribution < 1.29 is 24.2 Å². The smallest absolute Gasteiger partial charge is 0.309 e. The number of aromatic nitrogens is 1. The Hall–Kier alpha value is -2.87. The Morgan fingerprint density at radius 1 is 1.22 bits per heavy atom. The molecule has 0 spiro atoms. The zero-order chi connectivity index (χ0) is 23.1. The lowest BCUT2D eigenvalue weighted by atomic mass is 9.88. The first kappa shape index (κ1) is 22.3. The number of nitrogens with one attached hydrogen (secondary N) is 1. The number of hydrogen-bond acceptors (Lipinski definition) is 6. The first-order chi connectivity index (χ1) is 15.0. The predicted molar refractivity (Wildman–Crippen MR) is 120 cm³/mol. The quantitative estimate of drug-likeness (QED) is 0.559. The molecule has 2 aliphatic heterocycles. The Bertz CT molecular complexity index is 1040. The molecule has 2 N–H and O–H groups in total. The molecule has 0 bridgehead atoms. The molecule has 0 radical (unpaired) electrons. The molecule has 8 nitrogen and oxygen atoms in total. The SMILES string of the molecule is CC(C)(C)OC(=O)CC1(O)CCN(c2cccc3c2ccn3C2CCC(=O)NC2=O)CC1. The van der Waals surface area contributed by atoms with Crippen LogP contribution in [0.3, 0.4) is 0 Å². The van der Waals surface area contributed by atoms with Crippen molar-refractivity contribution >= 4 is 34.4 Å². The van der Waals surface area contributed by atoms with Crippen LogP contribution in [0.5, 0.6) is 0 Å². The molecule has 32 heavy (non-hydrogen) atoms. The Labute approximate surface area is 187 Å². The van der Waals surface area contributed by atoms with Crippen LogP contribution in [0.1, 0.15) is 58.9 Å². The van der Waals surface area contributed by atoms with Gasteiger partial charge in [-0.2, -0.15) is 0 Å². The van der Waals surface area contributed by atoms with Crippen LogP contribution in [-0.2, 0) is 19.1 Å². The van der Waals surface area contributed by atoms with Gasteiger partial charge in [-0.3, -0.25) is 19.7 Å². The van der Waals surface area contributed by atoms with Crippen molar-refractivity contribution in [1.29, 1.82) is 0 Å². The second-order valence-corrected chi connectivity index (χ2v) is 9.87. The minimum atomic E-state index is -1.06. The number of amides is 2. The topological polar surface area (TPSA) is 101 Å². The number of ether oxygens (including phenoxy) is 1. The highest BCUT2D eigenvalue weighted by atomic mass is 16.6. The van der Waals surface area contributed by atoms with Crippen LogP contribution in [0.2, 0.25) is 0 Å². The van der Waals surface area contributed by atoms with E-state index in [0.717, 1.165) is 16.6 Å². The first-order valence-corrected chi connectivity index (χ1v) is 11.2. The number of rotatable bonds is 4. The molecule has 0 saturated carbocycles. The largest absolute Gasteiger partial charge is 0.460 e. The molecule has 2 amide bonds. The van der Waals surface area contributed by atoms with Crippen molar-refractivity contribution in [3.63, 3.8) is 0 Å². The van der Waals surface area contributed by atoms with Crippen LogP contribution in [0.25, 0.3) is 10.9 Å². The van der Waals surface area contributed by atoms with Gasteiger partial charge < -0.3 is 19.3 Å². The van der Waals surface area contributed by atoms with Gasteiger partial charge in [-0.1, -0.05) is 6.07 Å². The standard InChI is InChI=1S/C24H31N3O5/c1-23(2,3)32-21(29)15-24(31)10-13-26(14-11-24)17-5-4-6-18-16(17)9-12-27(18)19-7-8-20(28)25-22(19)30/h4-6,9,12,19,31H,7-8,10-11,13-15H2,1-3H3,(H,25,28,30). The van der Waals surface area contributed by atoms with Crippen molar-refractivity contribution in [2.24, 2.45) is 0 Å². The molecule has 1 aromatic carbocycles. The summed E-state index contributed by atoms with van der Waals surface area (Å²) in [4.78, 5) is 38.3. The number of hydrogen-bond donors (Lipinski definition) is 2. The van der Waals surface area contributed by atoms with Gasteiger partial charge in [0, 0.05) is 36.8 Å². The van der Waals surface area contributed by atoms with E-state index >= 15 is 0 Å². The Morgan fingerprint density at radius 2 is 1.94 bits per heavy atom. The summed E-state index contributed by atoms with van der Waals surface area (Å²) in [7, 11) is 0. The minimum absolute atomic E-state index is 0.00575. The number of benzene rings is 1. The van der Waals surface area contributed by atoms with Gasteiger partial charge in [0.2, 0.25) is 11.8 Å². The van der Waals surface area contributed by atoms with E-state index in [0.29, 0.717) is 38.8 Å².